The van der Waals surface area contributed by atoms with E-state index < -0.39 is 0 Å². The predicted molar refractivity (Wildman–Crippen MR) is 193 cm³/mol. The Hall–Kier alpha value is 0. The average Bonchev–Trinajstić information content (AvgIpc) is 3.24. The highest BCUT2D eigenvalue weighted by Gasteiger charge is 2.87. The molecule has 0 spiro atoms. The van der Waals surface area contributed by atoms with Crippen molar-refractivity contribution in [2.75, 3.05) is 0 Å². The molecule has 0 aliphatic heterocycles. The van der Waals surface area contributed by atoms with Gasteiger partial charge in [-0.3, -0.25) is 0 Å². The van der Waals surface area contributed by atoms with Crippen LogP contribution < -0.4 is 0 Å². The molecule has 5 fully saturated rings. The van der Waals surface area contributed by atoms with E-state index in [1.165, 1.54) is 32.1 Å². The normalized spacial score (nSPS) is 55.5. The first-order chi connectivity index (χ1) is 20.0. The molecule has 256 valence electrons. The highest BCUT2D eigenvalue weighted by atomic mass is 14.9. The lowest BCUT2D eigenvalue weighted by atomic mass is 9.30. The number of fused-ring (bicyclic) bond motifs is 6. The number of hydrogen-bond acceptors (Lipinski definition) is 0. The fraction of sp³-hybridized carbons (Fsp3) is 1.00. The Morgan fingerprint density at radius 1 is 0.659 bits per heavy atom. The SMILES string of the molecule is CCCC(C(C)C)C(CC)C(C)CC1(C)C(C)C2C(C)C3C(CC21C)C(C)C1(C)C3(C)C2C(C)C(C)C(C)(C)C2(C)C1(C)C. The monoisotopic (exact) mass is 609 g/mol. The molecule has 5 aliphatic rings. The van der Waals surface area contributed by atoms with Gasteiger partial charge >= 0.3 is 0 Å². The van der Waals surface area contributed by atoms with Crippen LogP contribution in [0.5, 0.6) is 0 Å². The van der Waals surface area contributed by atoms with Crippen molar-refractivity contribution in [1.82, 2.24) is 0 Å². The minimum absolute atomic E-state index is 0.307. The summed E-state index contributed by atoms with van der Waals surface area (Å²) in [4.78, 5) is 0. The fourth-order valence-corrected chi connectivity index (χ4v) is 17.9. The molecule has 0 aromatic heterocycles. The smallest absolute Gasteiger partial charge is 0.0179 e. The van der Waals surface area contributed by atoms with Gasteiger partial charge in [0.25, 0.3) is 0 Å². The second-order valence-electron chi connectivity index (χ2n) is 21.3. The summed E-state index contributed by atoms with van der Waals surface area (Å²) in [5.74, 6) is 10.8. The zero-order chi connectivity index (χ0) is 33.5. The van der Waals surface area contributed by atoms with Crippen molar-refractivity contribution in [3.05, 3.63) is 0 Å². The van der Waals surface area contributed by atoms with Gasteiger partial charge in [0.15, 0.2) is 0 Å². The standard InChI is InChI=1S/C44H80/c1-20-22-33(25(3)4)32(21-2)26(5)23-40(15)31(10)35-28(7)36-34(24-41(35,40)16)30(9)43(18)39(13,14)44(19)37(42(36,43)17)27(6)29(8)38(44,11)12/h25-37H,20-24H2,1-19H3. The highest BCUT2D eigenvalue weighted by Crippen LogP contribution is 2.92. The van der Waals surface area contributed by atoms with Gasteiger partial charge in [-0.1, -0.05) is 151 Å². The molecule has 0 aromatic rings. The predicted octanol–water partition coefficient (Wildman–Crippen LogP) is 13.3. The van der Waals surface area contributed by atoms with E-state index in [4.69, 9.17) is 0 Å². The van der Waals surface area contributed by atoms with Gasteiger partial charge in [0.05, 0.1) is 0 Å². The Morgan fingerprint density at radius 2 is 1.23 bits per heavy atom. The van der Waals surface area contributed by atoms with Crippen molar-refractivity contribution in [3.8, 4) is 0 Å². The van der Waals surface area contributed by atoms with Crippen LogP contribution in [-0.2, 0) is 0 Å². The first kappa shape index (κ1) is 35.3. The van der Waals surface area contributed by atoms with Crippen LogP contribution >= 0.6 is 0 Å². The molecular weight excluding hydrogens is 528 g/mol. The summed E-state index contributed by atoms with van der Waals surface area (Å²) in [5.41, 5.74) is 2.71. The van der Waals surface area contributed by atoms with Gasteiger partial charge in [-0.05, 0) is 128 Å². The molecule has 0 radical (unpaired) electrons. The van der Waals surface area contributed by atoms with Crippen molar-refractivity contribution in [2.45, 2.75) is 164 Å². The van der Waals surface area contributed by atoms with E-state index in [0.29, 0.717) is 37.9 Å². The summed E-state index contributed by atoms with van der Waals surface area (Å²) < 4.78 is 0. The maximum atomic E-state index is 2.88. The van der Waals surface area contributed by atoms with E-state index in [0.717, 1.165) is 76.9 Å². The lowest BCUT2D eigenvalue weighted by molar-refractivity contribution is -0.265. The van der Waals surface area contributed by atoms with Crippen LogP contribution in [-0.4, -0.2) is 0 Å². The summed E-state index contributed by atoms with van der Waals surface area (Å²) in [6, 6.07) is 0. The van der Waals surface area contributed by atoms with E-state index >= 15 is 0 Å². The molecule has 5 saturated carbocycles. The zero-order valence-electron chi connectivity index (χ0n) is 33.5. The Balaban J connectivity index is 1.54. The molecule has 0 saturated heterocycles. The van der Waals surface area contributed by atoms with Crippen LogP contribution in [0.15, 0.2) is 0 Å². The van der Waals surface area contributed by atoms with Gasteiger partial charge in [-0.15, -0.1) is 0 Å². The fourth-order valence-electron chi connectivity index (χ4n) is 17.9. The lowest BCUT2D eigenvalue weighted by Crippen LogP contribution is -2.69. The molecule has 0 nitrogen and oxygen atoms in total. The van der Waals surface area contributed by atoms with Crippen molar-refractivity contribution in [2.24, 2.45) is 115 Å². The molecule has 0 bridgehead atoms. The summed E-state index contributed by atoms with van der Waals surface area (Å²) in [5, 5.41) is 0. The quantitative estimate of drug-likeness (QED) is 0.257. The van der Waals surface area contributed by atoms with Crippen molar-refractivity contribution in [3.63, 3.8) is 0 Å². The van der Waals surface area contributed by atoms with Gasteiger partial charge in [0.2, 0.25) is 0 Å². The Labute approximate surface area is 277 Å². The Morgan fingerprint density at radius 3 is 1.73 bits per heavy atom. The third-order valence-corrected chi connectivity index (χ3v) is 20.8. The topological polar surface area (TPSA) is 0 Å². The maximum absolute atomic E-state index is 2.88. The minimum atomic E-state index is 0.307. The molecule has 0 aromatic carbocycles. The average molecular weight is 609 g/mol. The number of rotatable bonds is 8. The molecule has 5 aliphatic carbocycles. The maximum Gasteiger partial charge on any atom is -0.0179 e. The molecule has 0 N–H and O–H groups in total. The summed E-state index contributed by atoms with van der Waals surface area (Å²) >= 11 is 0. The van der Waals surface area contributed by atoms with E-state index in [2.05, 4.69) is 132 Å². The zero-order valence-corrected chi connectivity index (χ0v) is 33.5. The molecule has 0 amide bonds. The van der Waals surface area contributed by atoms with Gasteiger partial charge < -0.3 is 0 Å². The van der Waals surface area contributed by atoms with E-state index in [-0.39, 0.29) is 0 Å². The molecule has 0 heterocycles. The second kappa shape index (κ2) is 10.3. The van der Waals surface area contributed by atoms with Crippen LogP contribution in [0.2, 0.25) is 0 Å². The molecule has 5 rings (SSSR count). The summed E-state index contributed by atoms with van der Waals surface area (Å²) in [7, 11) is 0. The van der Waals surface area contributed by atoms with Crippen molar-refractivity contribution >= 4 is 0 Å². The lowest BCUT2D eigenvalue weighted by Gasteiger charge is -2.74. The first-order valence-electron chi connectivity index (χ1n) is 20.0. The van der Waals surface area contributed by atoms with Gasteiger partial charge in [-0.2, -0.15) is 0 Å². The largest absolute Gasteiger partial charge is 0.0654 e. The third kappa shape index (κ3) is 3.50. The van der Waals surface area contributed by atoms with E-state index in [9.17, 15) is 0 Å². The minimum Gasteiger partial charge on any atom is -0.0654 e. The summed E-state index contributed by atoms with van der Waals surface area (Å²) in [6.07, 6.45) is 7.02. The molecule has 17 atom stereocenters. The molecular formula is C44H80. The van der Waals surface area contributed by atoms with Crippen LogP contribution in [0.3, 0.4) is 0 Å². The van der Waals surface area contributed by atoms with Crippen LogP contribution in [0.1, 0.15) is 164 Å². The van der Waals surface area contributed by atoms with Crippen LogP contribution in [0.25, 0.3) is 0 Å². The van der Waals surface area contributed by atoms with Crippen molar-refractivity contribution in [1.29, 1.82) is 0 Å². The van der Waals surface area contributed by atoms with Gasteiger partial charge in [-0.25, -0.2) is 0 Å². The van der Waals surface area contributed by atoms with Gasteiger partial charge in [0, 0.05) is 0 Å². The molecule has 44 heavy (non-hydrogen) atoms. The highest BCUT2D eigenvalue weighted by molar-refractivity contribution is 5.34. The summed E-state index contributed by atoms with van der Waals surface area (Å²) in [6.45, 7) is 51.1. The first-order valence-corrected chi connectivity index (χ1v) is 20.0. The Kier molecular flexibility index (Phi) is 8.23. The molecule has 0 heteroatoms. The third-order valence-electron chi connectivity index (χ3n) is 20.8. The van der Waals surface area contributed by atoms with Crippen molar-refractivity contribution < 1.29 is 0 Å². The van der Waals surface area contributed by atoms with Gasteiger partial charge in [0.1, 0.15) is 0 Å². The van der Waals surface area contributed by atoms with E-state index in [1.807, 2.05) is 0 Å². The van der Waals surface area contributed by atoms with Crippen LogP contribution in [0.4, 0.5) is 0 Å². The second-order valence-corrected chi connectivity index (χ2v) is 21.3. The van der Waals surface area contributed by atoms with Crippen LogP contribution in [0, 0.1) is 115 Å². The van der Waals surface area contributed by atoms with E-state index in [1.54, 1.807) is 0 Å². The Bertz CT molecular complexity index is 1100. The molecule has 17 unspecified atom stereocenters. The number of hydrogen-bond donors (Lipinski definition) is 0.